The molecule has 2 aromatic heterocycles. The first kappa shape index (κ1) is 20.8. The van der Waals surface area contributed by atoms with Gasteiger partial charge in [0.05, 0.1) is 22.3 Å². The van der Waals surface area contributed by atoms with Crippen LogP contribution in [0.2, 0.25) is 5.02 Å². The fraction of sp³-hybridized carbons (Fsp3) is 0.524. The number of piperidine rings is 1. The average molecular weight is 460 g/mol. The molecule has 2 aromatic rings. The second kappa shape index (κ2) is 7.79. The first-order valence-electron chi connectivity index (χ1n) is 10.6. The maximum atomic E-state index is 13.1. The number of aromatic nitrogens is 3. The smallest absolute Gasteiger partial charge is 0.230 e. The standard InChI is InChI=1S/C21H26ClN7OS/c1-12-16(22)14(4-7-25-12)31-19-18(24)27-15(11-26-19)28-9-5-21(6-10-28)17(23)13-3-2-8-29(13)20(21)30/h4,7,11,13,17H,2-3,5-6,8-10,23H2,1H3,(H2,24,27). The molecule has 5 heterocycles. The molecule has 0 aliphatic carbocycles. The second-order valence-electron chi connectivity index (χ2n) is 8.61. The Balaban J connectivity index is 1.30. The molecule has 1 amide bonds. The van der Waals surface area contributed by atoms with Crippen LogP contribution in [0.1, 0.15) is 31.4 Å². The summed E-state index contributed by atoms with van der Waals surface area (Å²) in [5, 5.41) is 1.20. The second-order valence-corrected chi connectivity index (χ2v) is 10.0. The van der Waals surface area contributed by atoms with Gasteiger partial charge in [0.1, 0.15) is 10.8 Å². The van der Waals surface area contributed by atoms with Crippen LogP contribution in [0.3, 0.4) is 0 Å². The van der Waals surface area contributed by atoms with Crippen molar-refractivity contribution in [1.82, 2.24) is 19.9 Å². The van der Waals surface area contributed by atoms with Gasteiger partial charge in [0.15, 0.2) is 5.82 Å². The Morgan fingerprint density at radius 2 is 2.03 bits per heavy atom. The number of fused-ring (bicyclic) bond motifs is 1. The zero-order chi connectivity index (χ0) is 21.8. The highest BCUT2D eigenvalue weighted by Gasteiger charge is 2.59. The summed E-state index contributed by atoms with van der Waals surface area (Å²) in [5.74, 6) is 1.35. The zero-order valence-corrected chi connectivity index (χ0v) is 19.0. The summed E-state index contributed by atoms with van der Waals surface area (Å²) in [7, 11) is 0. The lowest BCUT2D eigenvalue weighted by Gasteiger charge is -2.41. The highest BCUT2D eigenvalue weighted by atomic mass is 35.5. The van der Waals surface area contributed by atoms with Crippen molar-refractivity contribution in [2.75, 3.05) is 30.3 Å². The molecular formula is C21H26ClN7OS. The van der Waals surface area contributed by atoms with E-state index in [1.165, 1.54) is 11.8 Å². The van der Waals surface area contributed by atoms with E-state index in [1.807, 2.05) is 17.9 Å². The topological polar surface area (TPSA) is 114 Å². The van der Waals surface area contributed by atoms with Gasteiger partial charge in [-0.05, 0) is 38.7 Å². The Kier molecular flexibility index (Phi) is 5.22. The van der Waals surface area contributed by atoms with Gasteiger partial charge in [-0.2, -0.15) is 0 Å². The van der Waals surface area contributed by atoms with Crippen molar-refractivity contribution in [3.8, 4) is 0 Å². The molecule has 0 saturated carbocycles. The summed E-state index contributed by atoms with van der Waals surface area (Å²) in [6.45, 7) is 4.15. The number of hydrogen-bond acceptors (Lipinski definition) is 8. The van der Waals surface area contributed by atoms with Gasteiger partial charge in [-0.25, -0.2) is 9.97 Å². The van der Waals surface area contributed by atoms with Crippen molar-refractivity contribution in [2.45, 2.75) is 54.6 Å². The summed E-state index contributed by atoms with van der Waals surface area (Å²) in [6.07, 6.45) is 7.03. The Hall–Kier alpha value is -2.10. The number of hydrogen-bond donors (Lipinski definition) is 2. The lowest BCUT2D eigenvalue weighted by molar-refractivity contribution is -0.137. The molecule has 10 heteroatoms. The van der Waals surface area contributed by atoms with E-state index >= 15 is 0 Å². The minimum Gasteiger partial charge on any atom is -0.381 e. The first-order valence-corrected chi connectivity index (χ1v) is 11.8. The number of nitrogens with two attached hydrogens (primary N) is 2. The molecule has 3 aliphatic rings. The molecular weight excluding hydrogens is 434 g/mol. The van der Waals surface area contributed by atoms with Crippen LogP contribution in [0.5, 0.6) is 0 Å². The van der Waals surface area contributed by atoms with E-state index in [1.54, 1.807) is 12.4 Å². The summed E-state index contributed by atoms with van der Waals surface area (Å²) in [6, 6.07) is 1.98. The Labute approximate surface area is 190 Å². The number of rotatable bonds is 3. The first-order chi connectivity index (χ1) is 14.9. The molecule has 0 radical (unpaired) electrons. The molecule has 0 bridgehead atoms. The van der Waals surface area contributed by atoms with E-state index in [-0.39, 0.29) is 18.0 Å². The molecule has 2 unspecified atom stereocenters. The maximum Gasteiger partial charge on any atom is 0.230 e. The maximum absolute atomic E-state index is 13.1. The molecule has 3 saturated heterocycles. The quantitative estimate of drug-likeness (QED) is 0.719. The van der Waals surface area contributed by atoms with Gasteiger partial charge in [-0.1, -0.05) is 23.4 Å². The Morgan fingerprint density at radius 1 is 1.26 bits per heavy atom. The van der Waals surface area contributed by atoms with Gasteiger partial charge in [0.25, 0.3) is 0 Å². The van der Waals surface area contributed by atoms with Gasteiger partial charge in [-0.15, -0.1) is 0 Å². The number of aryl methyl sites for hydroxylation is 1. The van der Waals surface area contributed by atoms with E-state index < -0.39 is 5.41 Å². The molecule has 5 rings (SSSR count). The fourth-order valence-corrected chi connectivity index (χ4v) is 6.28. The predicted octanol–water partition coefficient (Wildman–Crippen LogP) is 2.49. The lowest BCUT2D eigenvalue weighted by atomic mass is 9.72. The molecule has 31 heavy (non-hydrogen) atoms. The molecule has 4 N–H and O–H groups in total. The lowest BCUT2D eigenvalue weighted by Crippen LogP contribution is -2.52. The largest absolute Gasteiger partial charge is 0.381 e. The summed E-state index contributed by atoms with van der Waals surface area (Å²) < 4.78 is 0. The number of carbonyl (C=O) groups excluding carboxylic acids is 1. The Bertz CT molecular complexity index is 1030. The van der Waals surface area contributed by atoms with E-state index in [0.717, 1.165) is 61.7 Å². The van der Waals surface area contributed by atoms with Gasteiger partial charge in [-0.3, -0.25) is 9.78 Å². The van der Waals surface area contributed by atoms with Crippen molar-refractivity contribution >= 4 is 40.9 Å². The third-order valence-corrected chi connectivity index (χ3v) is 8.66. The number of amides is 1. The van der Waals surface area contributed by atoms with Crippen molar-refractivity contribution in [3.05, 3.63) is 29.2 Å². The van der Waals surface area contributed by atoms with E-state index in [0.29, 0.717) is 15.9 Å². The SMILES string of the molecule is Cc1nccc(Sc2ncc(N3CCC4(CC3)C(=O)N3CCCC3C4N)nc2N)c1Cl. The van der Waals surface area contributed by atoms with Crippen LogP contribution in [0, 0.1) is 12.3 Å². The number of nitrogen functional groups attached to an aromatic ring is 1. The zero-order valence-electron chi connectivity index (χ0n) is 17.4. The third kappa shape index (κ3) is 3.34. The van der Waals surface area contributed by atoms with Crippen LogP contribution in [-0.2, 0) is 4.79 Å². The van der Waals surface area contributed by atoms with Crippen molar-refractivity contribution in [3.63, 3.8) is 0 Å². The van der Waals surface area contributed by atoms with Crippen LogP contribution in [-0.4, -0.2) is 57.5 Å². The highest BCUT2D eigenvalue weighted by Crippen LogP contribution is 2.47. The normalized spacial score (nSPS) is 24.8. The molecule has 1 spiro atoms. The molecule has 3 fully saturated rings. The van der Waals surface area contributed by atoms with Gasteiger partial charge in [0, 0.05) is 42.8 Å². The van der Waals surface area contributed by atoms with Crippen LogP contribution < -0.4 is 16.4 Å². The Morgan fingerprint density at radius 3 is 2.74 bits per heavy atom. The van der Waals surface area contributed by atoms with Crippen molar-refractivity contribution in [1.29, 1.82) is 0 Å². The van der Waals surface area contributed by atoms with Gasteiger partial charge in [0.2, 0.25) is 5.91 Å². The molecule has 3 aliphatic heterocycles. The molecule has 0 aromatic carbocycles. The average Bonchev–Trinajstić information content (AvgIpc) is 3.32. The molecule has 8 nitrogen and oxygen atoms in total. The van der Waals surface area contributed by atoms with Gasteiger partial charge < -0.3 is 21.3 Å². The molecule has 2 atom stereocenters. The number of halogens is 1. The summed E-state index contributed by atoms with van der Waals surface area (Å²) in [4.78, 5) is 31.4. The van der Waals surface area contributed by atoms with Gasteiger partial charge >= 0.3 is 0 Å². The molecule has 164 valence electrons. The minimum absolute atomic E-state index is 0.0758. The summed E-state index contributed by atoms with van der Waals surface area (Å²) >= 11 is 7.72. The van der Waals surface area contributed by atoms with Crippen molar-refractivity contribution < 1.29 is 4.79 Å². The number of pyridine rings is 1. The summed E-state index contributed by atoms with van der Waals surface area (Å²) in [5.41, 5.74) is 13.2. The van der Waals surface area contributed by atoms with E-state index in [9.17, 15) is 4.79 Å². The van der Waals surface area contributed by atoms with E-state index in [4.69, 9.17) is 23.1 Å². The van der Waals surface area contributed by atoms with E-state index in [2.05, 4.69) is 19.9 Å². The minimum atomic E-state index is -0.424. The van der Waals surface area contributed by atoms with Crippen LogP contribution in [0.15, 0.2) is 28.4 Å². The third-order valence-electron chi connectivity index (χ3n) is 7.00. The highest BCUT2D eigenvalue weighted by molar-refractivity contribution is 7.99. The monoisotopic (exact) mass is 459 g/mol. The van der Waals surface area contributed by atoms with Crippen LogP contribution in [0.25, 0.3) is 0 Å². The number of anilines is 2. The van der Waals surface area contributed by atoms with Crippen LogP contribution >= 0.6 is 23.4 Å². The number of carbonyl (C=O) groups is 1. The fourth-order valence-electron chi connectivity index (χ4n) is 5.22. The van der Waals surface area contributed by atoms with Crippen LogP contribution in [0.4, 0.5) is 11.6 Å². The van der Waals surface area contributed by atoms with Crippen molar-refractivity contribution in [2.24, 2.45) is 11.1 Å². The predicted molar refractivity (Wildman–Crippen MR) is 121 cm³/mol. The number of nitrogens with zero attached hydrogens (tertiary/aromatic N) is 5.